The van der Waals surface area contributed by atoms with Gasteiger partial charge in [-0.2, -0.15) is 0 Å². The molecule has 2 amide bonds. The average molecular weight is 388 g/mol. The van der Waals surface area contributed by atoms with Crippen molar-refractivity contribution in [3.8, 4) is 5.75 Å². The van der Waals surface area contributed by atoms with Gasteiger partial charge >= 0.3 is 0 Å². The Balaban J connectivity index is 1.45. The second-order valence-corrected chi connectivity index (χ2v) is 6.86. The molecule has 148 valence electrons. The lowest BCUT2D eigenvalue weighted by Crippen LogP contribution is -2.47. The van der Waals surface area contributed by atoms with Crippen LogP contribution in [0.3, 0.4) is 0 Å². The van der Waals surface area contributed by atoms with Crippen molar-refractivity contribution in [1.29, 1.82) is 0 Å². The first kappa shape index (κ1) is 19.8. The Kier molecular flexibility index (Phi) is 6.23. The van der Waals surface area contributed by atoms with Crippen LogP contribution in [-0.4, -0.2) is 42.5 Å². The van der Waals surface area contributed by atoms with E-state index in [-0.39, 0.29) is 24.1 Å². The fourth-order valence-corrected chi connectivity index (χ4v) is 3.11. The molecule has 0 bridgehead atoms. The molecular formula is C21H22F2N2O3. The minimum atomic E-state index is -0.867. The summed E-state index contributed by atoms with van der Waals surface area (Å²) in [7, 11) is 0. The van der Waals surface area contributed by atoms with Gasteiger partial charge in [0.15, 0.2) is 6.61 Å². The number of aryl methyl sites for hydroxylation is 1. The molecule has 0 radical (unpaired) electrons. The lowest BCUT2D eigenvalue weighted by Gasteiger charge is -2.32. The zero-order valence-electron chi connectivity index (χ0n) is 15.6. The Bertz CT molecular complexity index is 847. The highest BCUT2D eigenvalue weighted by Gasteiger charge is 2.26. The standard InChI is InChI=1S/C21H22F2N2O3/c1-14-2-5-17(6-3-14)28-13-20(26)24-16-8-10-25(11-9-16)21(27)18-7-4-15(22)12-19(18)23/h2-7,12,16H,8-11,13H2,1H3,(H,24,26). The summed E-state index contributed by atoms with van der Waals surface area (Å²) in [5.41, 5.74) is 0.967. The van der Waals surface area contributed by atoms with Gasteiger partial charge in [-0.15, -0.1) is 0 Å². The Morgan fingerprint density at radius 1 is 1.11 bits per heavy atom. The number of hydrogen-bond donors (Lipinski definition) is 1. The fraction of sp³-hybridized carbons (Fsp3) is 0.333. The van der Waals surface area contributed by atoms with Crippen LogP contribution < -0.4 is 10.1 Å². The molecule has 1 aliphatic rings. The zero-order valence-corrected chi connectivity index (χ0v) is 15.6. The number of halogens is 2. The van der Waals surface area contributed by atoms with Gasteiger partial charge < -0.3 is 15.0 Å². The number of likely N-dealkylation sites (tertiary alicyclic amines) is 1. The summed E-state index contributed by atoms with van der Waals surface area (Å²) >= 11 is 0. The van der Waals surface area contributed by atoms with E-state index in [0.717, 1.165) is 17.7 Å². The van der Waals surface area contributed by atoms with E-state index in [0.29, 0.717) is 37.7 Å². The third-order valence-electron chi connectivity index (χ3n) is 4.70. The quantitative estimate of drug-likeness (QED) is 0.857. The maximum Gasteiger partial charge on any atom is 0.258 e. The van der Waals surface area contributed by atoms with E-state index in [1.165, 1.54) is 4.90 Å². The van der Waals surface area contributed by atoms with Crippen molar-refractivity contribution < 1.29 is 23.1 Å². The summed E-state index contributed by atoms with van der Waals surface area (Å²) in [5, 5.41) is 2.89. The van der Waals surface area contributed by atoms with Crippen molar-refractivity contribution in [3.63, 3.8) is 0 Å². The van der Waals surface area contributed by atoms with Crippen molar-refractivity contribution in [2.45, 2.75) is 25.8 Å². The normalized spacial score (nSPS) is 14.6. The molecule has 1 aliphatic heterocycles. The summed E-state index contributed by atoms with van der Waals surface area (Å²) in [4.78, 5) is 26.0. The first-order valence-electron chi connectivity index (χ1n) is 9.15. The summed E-state index contributed by atoms with van der Waals surface area (Å²) in [5.74, 6) is -1.65. The molecule has 28 heavy (non-hydrogen) atoms. The second kappa shape index (κ2) is 8.82. The van der Waals surface area contributed by atoms with Crippen LogP contribution in [0.5, 0.6) is 5.75 Å². The average Bonchev–Trinajstić information content (AvgIpc) is 2.68. The highest BCUT2D eigenvalue weighted by atomic mass is 19.1. The molecule has 0 unspecified atom stereocenters. The molecule has 0 aliphatic carbocycles. The molecule has 1 N–H and O–H groups in total. The summed E-state index contributed by atoms with van der Waals surface area (Å²) in [6, 6.07) is 10.3. The molecular weight excluding hydrogens is 366 g/mol. The number of amides is 2. The van der Waals surface area contributed by atoms with Gasteiger partial charge in [-0.1, -0.05) is 17.7 Å². The third kappa shape index (κ3) is 5.06. The van der Waals surface area contributed by atoms with Crippen LogP contribution in [0.15, 0.2) is 42.5 Å². The van der Waals surface area contributed by atoms with Crippen molar-refractivity contribution in [2.75, 3.05) is 19.7 Å². The Labute approximate surface area is 162 Å². The van der Waals surface area contributed by atoms with Gasteiger partial charge in [0, 0.05) is 25.2 Å². The number of ether oxygens (including phenoxy) is 1. The van der Waals surface area contributed by atoms with Crippen LogP contribution in [0.4, 0.5) is 8.78 Å². The molecule has 0 atom stereocenters. The topological polar surface area (TPSA) is 58.6 Å². The lowest BCUT2D eigenvalue weighted by molar-refractivity contribution is -0.124. The minimum absolute atomic E-state index is 0.0729. The largest absolute Gasteiger partial charge is 0.484 e. The Morgan fingerprint density at radius 2 is 1.79 bits per heavy atom. The SMILES string of the molecule is Cc1ccc(OCC(=O)NC2CCN(C(=O)c3ccc(F)cc3F)CC2)cc1. The summed E-state index contributed by atoms with van der Waals surface area (Å²) < 4.78 is 32.2. The number of piperidine rings is 1. The Hall–Kier alpha value is -2.96. The van der Waals surface area contributed by atoms with Gasteiger partial charge in [0.05, 0.1) is 5.56 Å². The third-order valence-corrected chi connectivity index (χ3v) is 4.70. The highest BCUT2D eigenvalue weighted by Crippen LogP contribution is 2.17. The first-order chi connectivity index (χ1) is 13.4. The number of carbonyl (C=O) groups is 2. The molecule has 1 fully saturated rings. The molecule has 0 aromatic heterocycles. The number of hydrogen-bond acceptors (Lipinski definition) is 3. The maximum absolute atomic E-state index is 13.8. The van der Waals surface area contributed by atoms with Crippen molar-refractivity contribution >= 4 is 11.8 Å². The highest BCUT2D eigenvalue weighted by molar-refractivity contribution is 5.94. The molecule has 0 saturated carbocycles. The van der Waals surface area contributed by atoms with E-state index in [2.05, 4.69) is 5.32 Å². The molecule has 3 rings (SSSR count). The van der Waals surface area contributed by atoms with Gasteiger partial charge in [0.1, 0.15) is 17.4 Å². The van der Waals surface area contributed by atoms with E-state index in [1.807, 2.05) is 19.1 Å². The van der Waals surface area contributed by atoms with Crippen molar-refractivity contribution in [2.24, 2.45) is 0 Å². The predicted molar refractivity (Wildman–Crippen MR) is 100 cm³/mol. The predicted octanol–water partition coefficient (Wildman–Crippen LogP) is 3.07. The first-order valence-corrected chi connectivity index (χ1v) is 9.15. The van der Waals surface area contributed by atoms with Crippen LogP contribution in [-0.2, 0) is 4.79 Å². The molecule has 1 saturated heterocycles. The molecule has 2 aromatic rings. The summed E-state index contributed by atoms with van der Waals surface area (Å²) in [6.45, 7) is 2.67. The molecule has 0 spiro atoms. The molecule has 7 heteroatoms. The summed E-state index contributed by atoms with van der Waals surface area (Å²) in [6.07, 6.45) is 1.12. The Morgan fingerprint density at radius 3 is 2.43 bits per heavy atom. The number of benzene rings is 2. The van der Waals surface area contributed by atoms with Gasteiger partial charge in [-0.05, 0) is 44.0 Å². The lowest BCUT2D eigenvalue weighted by atomic mass is 10.0. The number of carbonyl (C=O) groups excluding carboxylic acids is 2. The number of rotatable bonds is 5. The van der Waals surface area contributed by atoms with Gasteiger partial charge in [0.25, 0.3) is 11.8 Å². The van der Waals surface area contributed by atoms with Gasteiger partial charge in [0.2, 0.25) is 0 Å². The minimum Gasteiger partial charge on any atom is -0.484 e. The van der Waals surface area contributed by atoms with Gasteiger partial charge in [-0.25, -0.2) is 8.78 Å². The fourth-order valence-electron chi connectivity index (χ4n) is 3.11. The van der Waals surface area contributed by atoms with Crippen LogP contribution >= 0.6 is 0 Å². The van der Waals surface area contributed by atoms with E-state index < -0.39 is 17.5 Å². The van der Waals surface area contributed by atoms with Crippen LogP contribution in [0.1, 0.15) is 28.8 Å². The van der Waals surface area contributed by atoms with Gasteiger partial charge in [-0.3, -0.25) is 9.59 Å². The number of nitrogens with one attached hydrogen (secondary N) is 1. The smallest absolute Gasteiger partial charge is 0.258 e. The second-order valence-electron chi connectivity index (χ2n) is 6.86. The van der Waals surface area contributed by atoms with E-state index in [9.17, 15) is 18.4 Å². The van der Waals surface area contributed by atoms with E-state index in [1.54, 1.807) is 12.1 Å². The molecule has 2 aromatic carbocycles. The van der Waals surface area contributed by atoms with Crippen molar-refractivity contribution in [3.05, 3.63) is 65.2 Å². The van der Waals surface area contributed by atoms with E-state index in [4.69, 9.17) is 4.74 Å². The maximum atomic E-state index is 13.8. The van der Waals surface area contributed by atoms with Crippen LogP contribution in [0.25, 0.3) is 0 Å². The van der Waals surface area contributed by atoms with Crippen molar-refractivity contribution in [1.82, 2.24) is 10.2 Å². The molecule has 5 nitrogen and oxygen atoms in total. The van der Waals surface area contributed by atoms with Crippen LogP contribution in [0.2, 0.25) is 0 Å². The zero-order chi connectivity index (χ0) is 20.1. The molecule has 1 heterocycles. The monoisotopic (exact) mass is 388 g/mol. The van der Waals surface area contributed by atoms with E-state index >= 15 is 0 Å². The van der Waals surface area contributed by atoms with Crippen LogP contribution in [0, 0.1) is 18.6 Å². The number of nitrogens with zero attached hydrogens (tertiary/aromatic N) is 1.